The Balaban J connectivity index is 2.42. The topological polar surface area (TPSA) is 84.7 Å². The lowest BCUT2D eigenvalue weighted by Crippen LogP contribution is -2.12. The zero-order valence-corrected chi connectivity index (χ0v) is 9.41. The molecule has 3 N–H and O–H groups in total. The molecule has 2 aromatic rings. The van der Waals surface area contributed by atoms with Gasteiger partial charge in [-0.2, -0.15) is 15.4 Å². The number of nitrogens with one attached hydrogen (secondary N) is 1. The van der Waals surface area contributed by atoms with Crippen molar-refractivity contribution in [2.24, 2.45) is 5.73 Å². The number of benzene rings is 1. The molecule has 0 aliphatic carbocycles. The molecular weight excluding hydrogens is 224 g/mol. The first-order chi connectivity index (χ1) is 7.72. The lowest BCUT2D eigenvalue weighted by molar-refractivity contribution is 0.0996. The number of hydrogen-bond donors (Lipinski definition) is 2. The van der Waals surface area contributed by atoms with Gasteiger partial charge in [-0.25, -0.2) is 0 Å². The molecule has 0 unspecified atom stereocenters. The number of hydrogen-bond acceptors (Lipinski definition) is 4. The number of H-pyrrole nitrogens is 1. The molecule has 0 bridgehead atoms. The molecule has 0 fully saturated rings. The van der Waals surface area contributed by atoms with Crippen LogP contribution >= 0.6 is 11.8 Å². The van der Waals surface area contributed by atoms with Gasteiger partial charge in [0.1, 0.15) is 5.69 Å². The molecule has 5 nitrogen and oxygen atoms in total. The molecule has 2 rings (SSSR count). The fourth-order valence-corrected chi connectivity index (χ4v) is 1.76. The zero-order valence-electron chi connectivity index (χ0n) is 8.60. The molecule has 0 saturated heterocycles. The number of aromatic amines is 1. The monoisotopic (exact) mass is 234 g/mol. The molecular formula is C10H10N4OS. The maximum Gasteiger partial charge on any atom is 0.271 e. The molecule has 1 heterocycles. The summed E-state index contributed by atoms with van der Waals surface area (Å²) >= 11 is 1.65. The third kappa shape index (κ3) is 1.92. The lowest BCUT2D eigenvalue weighted by Gasteiger charge is -1.99. The van der Waals surface area contributed by atoms with Crippen molar-refractivity contribution in [1.29, 1.82) is 0 Å². The number of amides is 1. The number of carbonyl (C=O) groups is 1. The molecule has 16 heavy (non-hydrogen) atoms. The van der Waals surface area contributed by atoms with Crippen LogP contribution in [0.4, 0.5) is 0 Å². The molecule has 0 saturated carbocycles. The van der Waals surface area contributed by atoms with E-state index >= 15 is 0 Å². The highest BCUT2D eigenvalue weighted by molar-refractivity contribution is 7.98. The molecule has 1 amide bonds. The Morgan fingerprint density at radius 2 is 2.00 bits per heavy atom. The van der Waals surface area contributed by atoms with Gasteiger partial charge >= 0.3 is 0 Å². The van der Waals surface area contributed by atoms with E-state index in [9.17, 15) is 4.79 Å². The Bertz CT molecular complexity index is 506. The van der Waals surface area contributed by atoms with Crippen LogP contribution in [0.1, 0.15) is 10.5 Å². The van der Waals surface area contributed by atoms with Crippen LogP contribution in [0.15, 0.2) is 29.2 Å². The van der Waals surface area contributed by atoms with Crippen LogP contribution < -0.4 is 5.73 Å². The van der Waals surface area contributed by atoms with E-state index in [1.165, 1.54) is 0 Å². The molecule has 0 aliphatic heterocycles. The average molecular weight is 234 g/mol. The Kier molecular flexibility index (Phi) is 2.91. The fraction of sp³-hybridized carbons (Fsp3) is 0.100. The standard InChI is InChI=1S/C10H10N4OS/c1-16-7-4-2-6(3-5-7)8-9(10(11)15)13-14-12-8/h2-5H,1H3,(H2,11,15)(H,12,13,14). The minimum absolute atomic E-state index is 0.164. The highest BCUT2D eigenvalue weighted by Gasteiger charge is 2.14. The molecule has 1 aromatic heterocycles. The van der Waals surface area contributed by atoms with Crippen LogP contribution in [-0.4, -0.2) is 27.6 Å². The number of primary amides is 1. The highest BCUT2D eigenvalue weighted by Crippen LogP contribution is 2.22. The van der Waals surface area contributed by atoms with Gasteiger partial charge in [-0.15, -0.1) is 11.8 Å². The summed E-state index contributed by atoms with van der Waals surface area (Å²) in [6.07, 6.45) is 2.00. The van der Waals surface area contributed by atoms with Crippen molar-refractivity contribution in [1.82, 2.24) is 15.4 Å². The Labute approximate surface area is 96.4 Å². The van der Waals surface area contributed by atoms with Crippen molar-refractivity contribution in [3.05, 3.63) is 30.0 Å². The smallest absolute Gasteiger partial charge is 0.271 e. The summed E-state index contributed by atoms with van der Waals surface area (Å²) in [7, 11) is 0. The number of rotatable bonds is 3. The SMILES string of the molecule is CSc1ccc(-c2n[nH]nc2C(N)=O)cc1. The van der Waals surface area contributed by atoms with Gasteiger partial charge in [-0.05, 0) is 18.4 Å². The number of carbonyl (C=O) groups excluding carboxylic acids is 1. The molecule has 0 spiro atoms. The normalized spacial score (nSPS) is 10.3. The summed E-state index contributed by atoms with van der Waals surface area (Å²) in [6.45, 7) is 0. The second-order valence-electron chi connectivity index (χ2n) is 3.11. The Hall–Kier alpha value is -1.82. The third-order valence-corrected chi connectivity index (χ3v) is 2.89. The van der Waals surface area contributed by atoms with Gasteiger partial charge in [0, 0.05) is 10.5 Å². The van der Waals surface area contributed by atoms with E-state index in [2.05, 4.69) is 15.4 Å². The predicted octanol–water partition coefficient (Wildman–Crippen LogP) is 1.29. The van der Waals surface area contributed by atoms with Crippen LogP contribution in [0.5, 0.6) is 0 Å². The van der Waals surface area contributed by atoms with E-state index in [-0.39, 0.29) is 5.69 Å². The number of thioether (sulfide) groups is 1. The largest absolute Gasteiger partial charge is 0.364 e. The van der Waals surface area contributed by atoms with E-state index in [1.54, 1.807) is 11.8 Å². The number of nitrogens with zero attached hydrogens (tertiary/aromatic N) is 2. The maximum absolute atomic E-state index is 11.1. The summed E-state index contributed by atoms with van der Waals surface area (Å²) in [5.74, 6) is -0.585. The first-order valence-electron chi connectivity index (χ1n) is 4.57. The van der Waals surface area contributed by atoms with Crippen molar-refractivity contribution in [3.63, 3.8) is 0 Å². The van der Waals surface area contributed by atoms with Gasteiger partial charge in [0.05, 0.1) is 0 Å². The molecule has 0 radical (unpaired) electrons. The zero-order chi connectivity index (χ0) is 11.5. The van der Waals surface area contributed by atoms with Gasteiger partial charge in [-0.3, -0.25) is 4.79 Å². The molecule has 6 heteroatoms. The van der Waals surface area contributed by atoms with Crippen LogP contribution in [-0.2, 0) is 0 Å². The first-order valence-corrected chi connectivity index (χ1v) is 5.80. The van der Waals surface area contributed by atoms with Crippen LogP contribution in [0.25, 0.3) is 11.3 Å². The van der Waals surface area contributed by atoms with Gasteiger partial charge in [0.25, 0.3) is 5.91 Å². The van der Waals surface area contributed by atoms with Gasteiger partial charge in [0.15, 0.2) is 5.69 Å². The van der Waals surface area contributed by atoms with Crippen molar-refractivity contribution in [2.75, 3.05) is 6.26 Å². The van der Waals surface area contributed by atoms with Gasteiger partial charge in [-0.1, -0.05) is 12.1 Å². The maximum atomic E-state index is 11.1. The van der Waals surface area contributed by atoms with Gasteiger partial charge in [0.2, 0.25) is 0 Å². The summed E-state index contributed by atoms with van der Waals surface area (Å²) in [5.41, 5.74) is 6.66. The number of nitrogens with two attached hydrogens (primary N) is 1. The Morgan fingerprint density at radius 1 is 1.31 bits per heavy atom. The third-order valence-electron chi connectivity index (χ3n) is 2.14. The van der Waals surface area contributed by atoms with E-state index in [0.29, 0.717) is 5.69 Å². The molecule has 0 aliphatic rings. The van der Waals surface area contributed by atoms with Crippen LogP contribution in [0, 0.1) is 0 Å². The van der Waals surface area contributed by atoms with Crippen molar-refractivity contribution in [3.8, 4) is 11.3 Å². The molecule has 82 valence electrons. The van der Waals surface area contributed by atoms with E-state index in [1.807, 2.05) is 30.5 Å². The minimum atomic E-state index is -0.585. The molecule has 1 aromatic carbocycles. The quantitative estimate of drug-likeness (QED) is 0.784. The Morgan fingerprint density at radius 3 is 2.56 bits per heavy atom. The fourth-order valence-electron chi connectivity index (χ4n) is 1.35. The highest BCUT2D eigenvalue weighted by atomic mass is 32.2. The molecule has 0 atom stereocenters. The minimum Gasteiger partial charge on any atom is -0.364 e. The second-order valence-corrected chi connectivity index (χ2v) is 3.99. The lowest BCUT2D eigenvalue weighted by atomic mass is 10.1. The van der Waals surface area contributed by atoms with Crippen molar-refractivity contribution in [2.45, 2.75) is 4.90 Å². The second kappa shape index (κ2) is 4.36. The predicted molar refractivity (Wildman–Crippen MR) is 62.1 cm³/mol. The van der Waals surface area contributed by atoms with Crippen molar-refractivity contribution < 1.29 is 4.79 Å². The van der Waals surface area contributed by atoms with E-state index < -0.39 is 5.91 Å². The van der Waals surface area contributed by atoms with Crippen LogP contribution in [0.2, 0.25) is 0 Å². The van der Waals surface area contributed by atoms with E-state index in [0.717, 1.165) is 10.5 Å². The number of aromatic nitrogens is 3. The van der Waals surface area contributed by atoms with Crippen LogP contribution in [0.3, 0.4) is 0 Å². The first kappa shape index (κ1) is 10.7. The van der Waals surface area contributed by atoms with E-state index in [4.69, 9.17) is 5.73 Å². The summed E-state index contributed by atoms with van der Waals surface area (Å²) in [6, 6.07) is 7.69. The van der Waals surface area contributed by atoms with Gasteiger partial charge < -0.3 is 5.73 Å². The summed E-state index contributed by atoms with van der Waals surface area (Å²) in [4.78, 5) is 12.2. The summed E-state index contributed by atoms with van der Waals surface area (Å²) in [5, 5.41) is 10.0. The summed E-state index contributed by atoms with van der Waals surface area (Å²) < 4.78 is 0. The average Bonchev–Trinajstić information content (AvgIpc) is 2.78. The van der Waals surface area contributed by atoms with Crippen molar-refractivity contribution >= 4 is 17.7 Å².